The molecule has 8 heteroatoms. The summed E-state index contributed by atoms with van der Waals surface area (Å²) in [6, 6.07) is 14.1. The fraction of sp³-hybridized carbons (Fsp3) is 0.345. The topological polar surface area (TPSA) is 90.1 Å². The maximum Gasteiger partial charge on any atom is 0.248 e. The van der Waals surface area contributed by atoms with Crippen LogP contribution in [0.15, 0.2) is 60.7 Å². The fourth-order valence-corrected chi connectivity index (χ4v) is 4.14. The summed E-state index contributed by atoms with van der Waals surface area (Å²) in [5.74, 6) is -0.429. The summed E-state index contributed by atoms with van der Waals surface area (Å²) in [5.41, 5.74) is 3.42. The Bertz CT molecular complexity index is 1280. The SMILES string of the molecule is CCN(CC)C/C=C/C(=O)Nc1ccc(-c2cccc([C@H](C)C(=O)Nc3cc(C4CC4)[nH]n3)c2)cc1F. The van der Waals surface area contributed by atoms with Gasteiger partial charge in [0, 0.05) is 30.3 Å². The number of benzene rings is 2. The predicted molar refractivity (Wildman–Crippen MR) is 145 cm³/mol. The van der Waals surface area contributed by atoms with Crippen molar-refractivity contribution in [3.63, 3.8) is 0 Å². The Morgan fingerprint density at radius 1 is 1.11 bits per heavy atom. The minimum Gasteiger partial charge on any atom is -0.320 e. The van der Waals surface area contributed by atoms with Gasteiger partial charge in [-0.3, -0.25) is 14.7 Å². The quantitative estimate of drug-likeness (QED) is 0.294. The number of anilines is 2. The van der Waals surface area contributed by atoms with Gasteiger partial charge in [-0.05, 0) is 61.7 Å². The van der Waals surface area contributed by atoms with Crippen LogP contribution in [0.25, 0.3) is 11.1 Å². The number of nitrogens with one attached hydrogen (secondary N) is 3. The third-order valence-corrected chi connectivity index (χ3v) is 6.73. The second-order valence-electron chi connectivity index (χ2n) is 9.39. The number of likely N-dealkylation sites (N-methyl/N-ethyl adjacent to an activating group) is 1. The van der Waals surface area contributed by atoms with Gasteiger partial charge in [0.1, 0.15) is 5.82 Å². The summed E-state index contributed by atoms with van der Waals surface area (Å²) in [4.78, 5) is 27.2. The number of carbonyl (C=O) groups excluding carboxylic acids is 2. The number of hydrogen-bond acceptors (Lipinski definition) is 4. The second-order valence-corrected chi connectivity index (χ2v) is 9.39. The molecule has 1 heterocycles. The highest BCUT2D eigenvalue weighted by atomic mass is 19.1. The molecule has 2 amide bonds. The lowest BCUT2D eigenvalue weighted by Crippen LogP contribution is -2.23. The molecule has 1 aliphatic carbocycles. The van der Waals surface area contributed by atoms with Crippen molar-refractivity contribution in [3.05, 3.63) is 77.8 Å². The van der Waals surface area contributed by atoms with Crippen molar-refractivity contribution in [1.82, 2.24) is 15.1 Å². The molecule has 1 fully saturated rings. The Balaban J connectivity index is 1.39. The average Bonchev–Trinajstić information content (AvgIpc) is 3.66. The van der Waals surface area contributed by atoms with Crippen LogP contribution in [-0.2, 0) is 9.59 Å². The van der Waals surface area contributed by atoms with Crippen LogP contribution in [0, 0.1) is 5.82 Å². The number of aromatic amines is 1. The normalized spacial score (nSPS) is 14.2. The summed E-state index contributed by atoms with van der Waals surface area (Å²) < 4.78 is 14.8. The number of aromatic nitrogens is 2. The maximum absolute atomic E-state index is 14.8. The first-order valence-electron chi connectivity index (χ1n) is 12.8. The van der Waals surface area contributed by atoms with Crippen LogP contribution >= 0.6 is 0 Å². The molecule has 194 valence electrons. The lowest BCUT2D eigenvalue weighted by molar-refractivity contribution is -0.117. The molecule has 0 radical (unpaired) electrons. The number of hydrogen-bond donors (Lipinski definition) is 3. The maximum atomic E-state index is 14.8. The van der Waals surface area contributed by atoms with E-state index < -0.39 is 11.7 Å². The first-order chi connectivity index (χ1) is 17.9. The summed E-state index contributed by atoms with van der Waals surface area (Å²) in [6.07, 6.45) is 5.51. The number of carbonyl (C=O) groups is 2. The van der Waals surface area contributed by atoms with Crippen molar-refractivity contribution < 1.29 is 14.0 Å². The predicted octanol–water partition coefficient (Wildman–Crippen LogP) is 5.67. The van der Waals surface area contributed by atoms with Gasteiger partial charge in [0.05, 0.1) is 11.6 Å². The van der Waals surface area contributed by atoms with Crippen molar-refractivity contribution in [3.8, 4) is 11.1 Å². The number of rotatable bonds is 11. The molecule has 7 nitrogen and oxygen atoms in total. The zero-order valence-corrected chi connectivity index (χ0v) is 21.6. The molecule has 37 heavy (non-hydrogen) atoms. The Kier molecular flexibility index (Phi) is 8.50. The van der Waals surface area contributed by atoms with E-state index in [2.05, 4.69) is 39.6 Å². The molecule has 1 atom stereocenters. The van der Waals surface area contributed by atoms with E-state index in [-0.39, 0.29) is 17.5 Å². The first kappa shape index (κ1) is 26.3. The molecule has 2 aromatic carbocycles. The molecule has 1 aromatic heterocycles. The highest BCUT2D eigenvalue weighted by Gasteiger charge is 2.26. The van der Waals surface area contributed by atoms with E-state index in [9.17, 15) is 14.0 Å². The van der Waals surface area contributed by atoms with Crippen LogP contribution in [0.5, 0.6) is 0 Å². The zero-order chi connectivity index (χ0) is 26.4. The molecule has 0 unspecified atom stereocenters. The van der Waals surface area contributed by atoms with Gasteiger partial charge in [-0.2, -0.15) is 5.10 Å². The summed E-state index contributed by atoms with van der Waals surface area (Å²) in [5, 5.41) is 12.7. The molecular weight excluding hydrogens is 469 g/mol. The molecule has 0 bridgehead atoms. The van der Waals surface area contributed by atoms with Crippen LogP contribution < -0.4 is 10.6 Å². The molecule has 3 aromatic rings. The van der Waals surface area contributed by atoms with Gasteiger partial charge in [-0.1, -0.05) is 50.3 Å². The second kappa shape index (κ2) is 12.0. The molecule has 0 aliphatic heterocycles. The molecule has 0 saturated heterocycles. The summed E-state index contributed by atoms with van der Waals surface area (Å²) in [6.45, 7) is 8.41. The highest BCUT2D eigenvalue weighted by molar-refractivity contribution is 5.99. The van der Waals surface area contributed by atoms with Gasteiger partial charge in [-0.25, -0.2) is 4.39 Å². The highest BCUT2D eigenvalue weighted by Crippen LogP contribution is 2.39. The Morgan fingerprint density at radius 3 is 2.57 bits per heavy atom. The minimum atomic E-state index is -0.524. The van der Waals surface area contributed by atoms with E-state index in [0.717, 1.165) is 42.8 Å². The van der Waals surface area contributed by atoms with Gasteiger partial charge < -0.3 is 15.5 Å². The van der Waals surface area contributed by atoms with Crippen LogP contribution in [0.2, 0.25) is 0 Å². The van der Waals surface area contributed by atoms with Gasteiger partial charge >= 0.3 is 0 Å². The fourth-order valence-electron chi connectivity index (χ4n) is 4.14. The summed E-state index contributed by atoms with van der Waals surface area (Å²) >= 11 is 0. The monoisotopic (exact) mass is 503 g/mol. The summed E-state index contributed by atoms with van der Waals surface area (Å²) in [7, 11) is 0. The molecule has 1 saturated carbocycles. The van der Waals surface area contributed by atoms with Gasteiger partial charge in [0.15, 0.2) is 5.82 Å². The van der Waals surface area contributed by atoms with Crippen molar-refractivity contribution in [2.75, 3.05) is 30.3 Å². The van der Waals surface area contributed by atoms with Crippen LogP contribution in [0.4, 0.5) is 15.9 Å². The molecule has 4 rings (SSSR count). The molecule has 0 spiro atoms. The van der Waals surface area contributed by atoms with Crippen molar-refractivity contribution in [2.45, 2.75) is 45.4 Å². The van der Waals surface area contributed by atoms with Crippen LogP contribution in [-0.4, -0.2) is 46.5 Å². The first-order valence-corrected chi connectivity index (χ1v) is 12.8. The van der Waals surface area contributed by atoms with E-state index >= 15 is 0 Å². The van der Waals surface area contributed by atoms with E-state index in [1.165, 1.54) is 12.1 Å². The smallest absolute Gasteiger partial charge is 0.248 e. The Hall–Kier alpha value is -3.78. The lowest BCUT2D eigenvalue weighted by atomic mass is 9.95. The molecule has 1 aliphatic rings. The third kappa shape index (κ3) is 6.92. The zero-order valence-electron chi connectivity index (χ0n) is 21.6. The standard InChI is InChI=1S/C29H34FN5O2/c1-4-35(5-2)15-7-10-28(36)31-25-14-13-23(17-24(25)30)22-9-6-8-21(16-22)19(3)29(37)32-27-18-26(33-34-27)20-11-12-20/h6-10,13-14,16-20H,4-5,11-12,15H2,1-3H3,(H,31,36)(H2,32,33,34,37)/b10-7+/t19-/m0/s1. The molecule has 3 N–H and O–H groups in total. The van der Waals surface area contributed by atoms with Crippen molar-refractivity contribution >= 4 is 23.3 Å². The van der Waals surface area contributed by atoms with Crippen LogP contribution in [0.1, 0.15) is 56.7 Å². The lowest BCUT2D eigenvalue weighted by Gasteiger charge is -2.14. The van der Waals surface area contributed by atoms with Gasteiger partial charge in [0.25, 0.3) is 0 Å². The van der Waals surface area contributed by atoms with Crippen molar-refractivity contribution in [2.24, 2.45) is 0 Å². The van der Waals surface area contributed by atoms with E-state index in [1.54, 1.807) is 18.2 Å². The average molecular weight is 504 g/mol. The largest absolute Gasteiger partial charge is 0.320 e. The van der Waals surface area contributed by atoms with Crippen molar-refractivity contribution in [1.29, 1.82) is 0 Å². The van der Waals surface area contributed by atoms with Gasteiger partial charge in [-0.15, -0.1) is 0 Å². The number of H-pyrrole nitrogens is 1. The minimum absolute atomic E-state index is 0.120. The number of nitrogens with zero attached hydrogens (tertiary/aromatic N) is 2. The number of amides is 2. The third-order valence-electron chi connectivity index (χ3n) is 6.73. The Morgan fingerprint density at radius 2 is 1.86 bits per heavy atom. The Labute approximate surface area is 217 Å². The number of halogens is 1. The molecular formula is C29H34FN5O2. The van der Waals surface area contributed by atoms with E-state index in [4.69, 9.17) is 0 Å². The van der Waals surface area contributed by atoms with Gasteiger partial charge in [0.2, 0.25) is 11.8 Å². The van der Waals surface area contributed by atoms with E-state index in [0.29, 0.717) is 23.8 Å². The van der Waals surface area contributed by atoms with Crippen LogP contribution in [0.3, 0.4) is 0 Å². The van der Waals surface area contributed by atoms with E-state index in [1.807, 2.05) is 37.3 Å².